The Bertz CT molecular complexity index is 1160. The van der Waals surface area contributed by atoms with E-state index in [1.54, 1.807) is 49.7 Å². The maximum atomic E-state index is 12.2. The van der Waals surface area contributed by atoms with Crippen LogP contribution in [-0.4, -0.2) is 37.1 Å². The summed E-state index contributed by atoms with van der Waals surface area (Å²) in [7, 11) is 3.09. The van der Waals surface area contributed by atoms with Crippen LogP contribution in [0.2, 0.25) is 0 Å². The van der Waals surface area contributed by atoms with Crippen LogP contribution >= 0.6 is 22.6 Å². The molecule has 1 aliphatic rings. The van der Waals surface area contributed by atoms with Crippen LogP contribution in [0.4, 0.5) is 0 Å². The zero-order valence-corrected chi connectivity index (χ0v) is 17.7. The average Bonchev–Trinajstić information content (AvgIpc) is 3.17. The van der Waals surface area contributed by atoms with E-state index >= 15 is 0 Å². The third kappa shape index (κ3) is 3.55. The van der Waals surface area contributed by atoms with Gasteiger partial charge in [0, 0.05) is 26.8 Å². The first kappa shape index (κ1) is 19.3. The molecule has 2 heterocycles. The average molecular weight is 505 g/mol. The third-order valence-electron chi connectivity index (χ3n) is 4.56. The highest BCUT2D eigenvalue weighted by Crippen LogP contribution is 2.39. The summed E-state index contributed by atoms with van der Waals surface area (Å²) in [6, 6.07) is 8.74. The molecule has 0 radical (unpaired) electrons. The molecule has 7 nitrogen and oxygen atoms in total. The predicted molar refractivity (Wildman–Crippen MR) is 116 cm³/mol. The van der Waals surface area contributed by atoms with E-state index in [4.69, 9.17) is 18.9 Å². The van der Waals surface area contributed by atoms with Crippen LogP contribution in [0.5, 0.6) is 23.0 Å². The predicted octanol–water partition coefficient (Wildman–Crippen LogP) is 4.21. The number of ether oxygens (including phenoxy) is 4. The molecule has 2 aromatic carbocycles. The zero-order valence-electron chi connectivity index (χ0n) is 15.6. The van der Waals surface area contributed by atoms with Gasteiger partial charge < -0.3 is 24.1 Å². The third-order valence-corrected chi connectivity index (χ3v) is 5.49. The van der Waals surface area contributed by atoms with Crippen LogP contribution < -0.4 is 18.9 Å². The van der Waals surface area contributed by atoms with Crippen molar-refractivity contribution in [3.63, 3.8) is 0 Å². The smallest absolute Gasteiger partial charge is 0.336 e. The summed E-state index contributed by atoms with van der Waals surface area (Å²) < 4.78 is 22.3. The molecule has 29 heavy (non-hydrogen) atoms. The van der Waals surface area contributed by atoms with Gasteiger partial charge in [-0.05, 0) is 58.5 Å². The van der Waals surface area contributed by atoms with E-state index in [1.165, 1.54) is 7.11 Å². The van der Waals surface area contributed by atoms with Gasteiger partial charge in [0.25, 0.3) is 0 Å². The van der Waals surface area contributed by atoms with E-state index in [-0.39, 0.29) is 12.4 Å². The number of aromatic nitrogens is 1. The number of nitrogens with zero attached hydrogens (tertiary/aromatic N) is 1. The molecule has 0 fully saturated rings. The second-order valence-corrected chi connectivity index (χ2v) is 7.34. The Morgan fingerprint density at radius 2 is 1.83 bits per heavy atom. The highest BCUT2D eigenvalue weighted by molar-refractivity contribution is 14.1. The van der Waals surface area contributed by atoms with Gasteiger partial charge in [0.1, 0.15) is 0 Å². The van der Waals surface area contributed by atoms with E-state index in [2.05, 4.69) is 27.6 Å². The first-order chi connectivity index (χ1) is 14.0. The molecular weight excluding hydrogens is 489 g/mol. The van der Waals surface area contributed by atoms with Gasteiger partial charge >= 0.3 is 5.97 Å². The van der Waals surface area contributed by atoms with Crippen molar-refractivity contribution < 1.29 is 28.8 Å². The minimum absolute atomic E-state index is 0.126. The van der Waals surface area contributed by atoms with Crippen molar-refractivity contribution in [3.8, 4) is 23.0 Å². The van der Waals surface area contributed by atoms with Gasteiger partial charge in [-0.2, -0.15) is 0 Å². The van der Waals surface area contributed by atoms with Crippen LogP contribution in [0.1, 0.15) is 11.1 Å². The van der Waals surface area contributed by atoms with Crippen LogP contribution in [-0.2, 0) is 4.79 Å². The quantitative estimate of drug-likeness (QED) is 0.411. The lowest BCUT2D eigenvalue weighted by Gasteiger charge is -2.12. The van der Waals surface area contributed by atoms with Gasteiger partial charge in [-0.3, -0.25) is 4.98 Å². The minimum atomic E-state index is -1.05. The number of carboxylic acid groups (broad SMARTS) is 1. The Kier molecular flexibility index (Phi) is 5.18. The van der Waals surface area contributed by atoms with Crippen LogP contribution in [0.15, 0.2) is 36.5 Å². The van der Waals surface area contributed by atoms with Crippen molar-refractivity contribution in [3.05, 3.63) is 51.2 Å². The van der Waals surface area contributed by atoms with Crippen molar-refractivity contribution >= 4 is 51.1 Å². The number of aliphatic carboxylic acids is 1. The molecule has 1 aromatic heterocycles. The molecule has 0 amide bonds. The molecular formula is C21H16INO6. The number of rotatable bonds is 5. The highest BCUT2D eigenvalue weighted by atomic mass is 127. The van der Waals surface area contributed by atoms with E-state index in [1.807, 2.05) is 0 Å². The van der Waals surface area contributed by atoms with Crippen LogP contribution in [0, 0.1) is 3.57 Å². The molecule has 148 valence electrons. The number of fused-ring (bicyclic) bond motifs is 2. The van der Waals surface area contributed by atoms with Gasteiger partial charge in [0.15, 0.2) is 23.0 Å². The second kappa shape index (κ2) is 7.78. The lowest BCUT2D eigenvalue weighted by molar-refractivity contribution is -0.130. The zero-order chi connectivity index (χ0) is 20.5. The van der Waals surface area contributed by atoms with Gasteiger partial charge in [-0.15, -0.1) is 0 Å². The summed E-state index contributed by atoms with van der Waals surface area (Å²) in [5, 5.41) is 10.6. The number of carboxylic acids is 1. The number of pyridine rings is 1. The number of methoxy groups -OCH3 is 2. The largest absolute Gasteiger partial charge is 0.493 e. The lowest BCUT2D eigenvalue weighted by atomic mass is 9.98. The standard InChI is InChI=1S/C21H16INO6/c1-26-17-6-11(15(22)8-18(17)27-2)5-14(21(24)25)12-3-4-23-16-9-20-19(7-13(12)16)28-10-29-20/h3-9H,10H2,1-2H3,(H,24,25). The highest BCUT2D eigenvalue weighted by Gasteiger charge is 2.20. The molecule has 4 rings (SSSR count). The second-order valence-electron chi connectivity index (χ2n) is 6.17. The van der Waals surface area contributed by atoms with E-state index in [9.17, 15) is 9.90 Å². The molecule has 1 aliphatic heterocycles. The van der Waals surface area contributed by atoms with E-state index < -0.39 is 5.97 Å². The molecule has 0 saturated heterocycles. The Labute approximate surface area is 180 Å². The van der Waals surface area contributed by atoms with Gasteiger partial charge in [-0.1, -0.05) is 0 Å². The van der Waals surface area contributed by atoms with Gasteiger partial charge in [0.05, 0.1) is 25.3 Å². The molecule has 8 heteroatoms. The molecule has 0 bridgehead atoms. The molecule has 0 aliphatic carbocycles. The number of halogens is 1. The summed E-state index contributed by atoms with van der Waals surface area (Å²) in [5.74, 6) is 1.20. The number of benzene rings is 2. The molecule has 1 N–H and O–H groups in total. The summed E-state index contributed by atoms with van der Waals surface area (Å²) in [6.45, 7) is 0.131. The molecule has 0 saturated carbocycles. The normalized spacial score (nSPS) is 12.9. The van der Waals surface area contributed by atoms with E-state index in [0.29, 0.717) is 45.0 Å². The fraction of sp³-hybridized carbons (Fsp3) is 0.143. The SMILES string of the molecule is COc1cc(I)c(C=C(C(=O)O)c2ccnc3cc4c(cc23)OCO4)cc1OC. The number of hydrogen-bond donors (Lipinski definition) is 1. The molecule has 0 spiro atoms. The summed E-state index contributed by atoms with van der Waals surface area (Å²) in [4.78, 5) is 16.5. The van der Waals surface area contributed by atoms with Crippen molar-refractivity contribution in [2.24, 2.45) is 0 Å². The lowest BCUT2D eigenvalue weighted by Crippen LogP contribution is -2.02. The molecule has 0 atom stereocenters. The van der Waals surface area contributed by atoms with Crippen LogP contribution in [0.25, 0.3) is 22.6 Å². The monoisotopic (exact) mass is 505 g/mol. The minimum Gasteiger partial charge on any atom is -0.493 e. The number of carbonyl (C=O) groups is 1. The van der Waals surface area contributed by atoms with Crippen LogP contribution in [0.3, 0.4) is 0 Å². The number of hydrogen-bond acceptors (Lipinski definition) is 6. The van der Waals surface area contributed by atoms with Crippen molar-refractivity contribution in [1.82, 2.24) is 4.98 Å². The Hall–Kier alpha value is -3.01. The summed E-state index contributed by atoms with van der Waals surface area (Å²) in [5.41, 5.74) is 1.99. The van der Waals surface area contributed by atoms with Gasteiger partial charge in [0.2, 0.25) is 6.79 Å². The first-order valence-corrected chi connectivity index (χ1v) is 9.65. The molecule has 0 unspecified atom stereocenters. The van der Waals surface area contributed by atoms with Crippen molar-refractivity contribution in [2.75, 3.05) is 21.0 Å². The van der Waals surface area contributed by atoms with Crippen molar-refractivity contribution in [2.45, 2.75) is 0 Å². The first-order valence-electron chi connectivity index (χ1n) is 8.57. The Morgan fingerprint density at radius 3 is 2.52 bits per heavy atom. The Balaban J connectivity index is 1.91. The topological polar surface area (TPSA) is 87.1 Å². The van der Waals surface area contributed by atoms with Gasteiger partial charge in [-0.25, -0.2) is 4.79 Å². The summed E-state index contributed by atoms with van der Waals surface area (Å²) in [6.07, 6.45) is 3.20. The van der Waals surface area contributed by atoms with E-state index in [0.717, 1.165) is 3.57 Å². The fourth-order valence-corrected chi connectivity index (χ4v) is 3.76. The van der Waals surface area contributed by atoms with Crippen molar-refractivity contribution in [1.29, 1.82) is 0 Å². The Morgan fingerprint density at radius 1 is 1.14 bits per heavy atom. The fourth-order valence-electron chi connectivity index (χ4n) is 3.16. The maximum absolute atomic E-state index is 12.2. The molecule has 3 aromatic rings. The maximum Gasteiger partial charge on any atom is 0.336 e. The summed E-state index contributed by atoms with van der Waals surface area (Å²) >= 11 is 2.14.